The Morgan fingerprint density at radius 2 is 2.00 bits per heavy atom. The molecular formula is C14H9N3OS. The number of ether oxygens (including phenoxy) is 1. The van der Waals surface area contributed by atoms with Crippen LogP contribution in [0.4, 0.5) is 5.69 Å². The van der Waals surface area contributed by atoms with Crippen LogP contribution in [0.15, 0.2) is 41.9 Å². The lowest BCUT2D eigenvalue weighted by molar-refractivity contribution is 0.484. The van der Waals surface area contributed by atoms with Crippen LogP contribution >= 0.6 is 11.3 Å². The zero-order chi connectivity index (χ0) is 13.2. The zero-order valence-corrected chi connectivity index (χ0v) is 10.6. The third-order valence-electron chi connectivity index (χ3n) is 2.73. The first-order valence-electron chi connectivity index (χ1n) is 5.58. The van der Waals surface area contributed by atoms with E-state index in [0.717, 1.165) is 10.2 Å². The van der Waals surface area contributed by atoms with Crippen molar-refractivity contribution in [2.45, 2.75) is 0 Å². The number of fused-ring (bicyclic) bond motifs is 1. The van der Waals surface area contributed by atoms with Crippen LogP contribution in [0.1, 0.15) is 5.56 Å². The van der Waals surface area contributed by atoms with Gasteiger partial charge in [0, 0.05) is 0 Å². The maximum atomic E-state index is 9.03. The molecule has 0 aliphatic carbocycles. The molecule has 2 aromatic carbocycles. The van der Waals surface area contributed by atoms with E-state index in [1.165, 1.54) is 11.3 Å². The van der Waals surface area contributed by atoms with Gasteiger partial charge in [-0.25, -0.2) is 4.98 Å². The van der Waals surface area contributed by atoms with Crippen molar-refractivity contribution < 1.29 is 4.74 Å². The number of anilines is 1. The largest absolute Gasteiger partial charge is 0.454 e. The molecule has 0 spiro atoms. The molecule has 0 saturated carbocycles. The molecule has 19 heavy (non-hydrogen) atoms. The van der Waals surface area contributed by atoms with E-state index in [1.807, 2.05) is 12.1 Å². The molecule has 0 aliphatic rings. The number of hydrogen-bond donors (Lipinski definition) is 1. The molecule has 0 aliphatic heterocycles. The Balaban J connectivity index is 2.06. The molecule has 0 radical (unpaired) electrons. The van der Waals surface area contributed by atoms with E-state index in [1.54, 1.807) is 29.8 Å². The molecule has 0 amide bonds. The summed E-state index contributed by atoms with van der Waals surface area (Å²) in [6, 6.07) is 12.8. The van der Waals surface area contributed by atoms with Crippen LogP contribution in [0, 0.1) is 11.3 Å². The van der Waals surface area contributed by atoms with Crippen molar-refractivity contribution in [1.29, 1.82) is 5.26 Å². The summed E-state index contributed by atoms with van der Waals surface area (Å²) in [4.78, 5) is 4.21. The summed E-state index contributed by atoms with van der Waals surface area (Å²) in [5, 5.41) is 9.03. The number of aromatic nitrogens is 1. The van der Waals surface area contributed by atoms with Crippen LogP contribution in [0.25, 0.3) is 10.2 Å². The molecule has 2 N–H and O–H groups in total. The zero-order valence-electron chi connectivity index (χ0n) is 9.83. The van der Waals surface area contributed by atoms with E-state index in [9.17, 15) is 0 Å². The molecule has 3 aromatic rings. The highest BCUT2D eigenvalue weighted by Crippen LogP contribution is 2.35. The lowest BCUT2D eigenvalue weighted by atomic mass is 10.2. The van der Waals surface area contributed by atoms with Gasteiger partial charge in [0.1, 0.15) is 23.0 Å². The molecule has 0 unspecified atom stereocenters. The number of nitrogen functional groups attached to an aromatic ring is 1. The molecule has 0 fully saturated rings. The number of thiazole rings is 1. The molecule has 92 valence electrons. The van der Waals surface area contributed by atoms with Crippen molar-refractivity contribution in [3.05, 3.63) is 47.5 Å². The fourth-order valence-corrected chi connectivity index (χ4v) is 2.48. The summed E-state index contributed by atoms with van der Waals surface area (Å²) >= 11 is 1.53. The molecule has 4 nitrogen and oxygen atoms in total. The quantitative estimate of drug-likeness (QED) is 0.721. The fraction of sp³-hybridized carbons (Fsp3) is 0. The van der Waals surface area contributed by atoms with Crippen molar-refractivity contribution in [1.82, 2.24) is 4.98 Å². The summed E-state index contributed by atoms with van der Waals surface area (Å²) in [6.45, 7) is 0. The Labute approximate surface area is 113 Å². The first kappa shape index (κ1) is 11.5. The maximum absolute atomic E-state index is 9.03. The fourth-order valence-electron chi connectivity index (χ4n) is 1.79. The highest BCUT2D eigenvalue weighted by Gasteiger charge is 2.10. The Morgan fingerprint density at radius 3 is 2.84 bits per heavy atom. The summed E-state index contributed by atoms with van der Waals surface area (Å²) in [6.07, 6.45) is 0. The van der Waals surface area contributed by atoms with Crippen molar-refractivity contribution in [3.8, 4) is 17.6 Å². The van der Waals surface area contributed by atoms with E-state index < -0.39 is 0 Å². The maximum Gasteiger partial charge on any atom is 0.152 e. The molecule has 0 bridgehead atoms. The van der Waals surface area contributed by atoms with Gasteiger partial charge in [-0.05, 0) is 24.3 Å². The topological polar surface area (TPSA) is 71.9 Å². The summed E-state index contributed by atoms with van der Waals surface area (Å²) in [5.74, 6) is 1.01. The van der Waals surface area contributed by atoms with E-state index in [0.29, 0.717) is 22.7 Å². The average molecular weight is 267 g/mol. The summed E-state index contributed by atoms with van der Waals surface area (Å²) in [7, 11) is 0. The number of hydrogen-bond acceptors (Lipinski definition) is 5. The standard InChI is InChI=1S/C14H9N3OS/c15-7-9-3-1-2-4-10(9)18-11-5-6-12-14(13(11)16)17-8-19-12/h1-6,8H,16H2. The molecule has 1 aromatic heterocycles. The Kier molecular flexibility index (Phi) is 2.78. The van der Waals surface area contributed by atoms with Crippen molar-refractivity contribution in [2.75, 3.05) is 5.73 Å². The molecule has 0 saturated heterocycles. The SMILES string of the molecule is N#Cc1ccccc1Oc1ccc2scnc2c1N. The van der Waals surface area contributed by atoms with Crippen LogP contribution in [0.5, 0.6) is 11.5 Å². The predicted octanol–water partition coefficient (Wildman–Crippen LogP) is 3.54. The van der Waals surface area contributed by atoms with Crippen LogP contribution in [-0.2, 0) is 0 Å². The van der Waals surface area contributed by atoms with Gasteiger partial charge in [0.05, 0.1) is 15.8 Å². The first-order valence-corrected chi connectivity index (χ1v) is 6.46. The third-order valence-corrected chi connectivity index (χ3v) is 3.52. The minimum absolute atomic E-state index is 0.472. The minimum atomic E-state index is 0.472. The number of nitrogens with zero attached hydrogens (tertiary/aromatic N) is 2. The second-order valence-corrected chi connectivity index (χ2v) is 4.77. The van der Waals surface area contributed by atoms with Gasteiger partial charge < -0.3 is 10.5 Å². The molecular weight excluding hydrogens is 258 g/mol. The molecule has 5 heteroatoms. The number of nitriles is 1. The Morgan fingerprint density at radius 1 is 1.16 bits per heavy atom. The molecule has 1 heterocycles. The van der Waals surface area contributed by atoms with Crippen LogP contribution in [-0.4, -0.2) is 4.98 Å². The number of rotatable bonds is 2. The van der Waals surface area contributed by atoms with Crippen molar-refractivity contribution in [3.63, 3.8) is 0 Å². The van der Waals surface area contributed by atoms with Gasteiger partial charge in [-0.15, -0.1) is 11.3 Å². The van der Waals surface area contributed by atoms with Crippen LogP contribution < -0.4 is 10.5 Å². The van der Waals surface area contributed by atoms with Gasteiger partial charge in [0.2, 0.25) is 0 Å². The lowest BCUT2D eigenvalue weighted by Crippen LogP contribution is -1.94. The minimum Gasteiger partial charge on any atom is -0.454 e. The van der Waals surface area contributed by atoms with Gasteiger partial charge in [0.15, 0.2) is 5.75 Å². The van der Waals surface area contributed by atoms with Crippen LogP contribution in [0.2, 0.25) is 0 Å². The second-order valence-electron chi connectivity index (χ2n) is 3.89. The monoisotopic (exact) mass is 267 g/mol. The van der Waals surface area contributed by atoms with E-state index >= 15 is 0 Å². The number of benzene rings is 2. The first-order chi connectivity index (χ1) is 9.29. The van der Waals surface area contributed by atoms with Crippen molar-refractivity contribution >= 4 is 27.2 Å². The molecule has 3 rings (SSSR count). The normalized spacial score (nSPS) is 10.3. The van der Waals surface area contributed by atoms with E-state index in [2.05, 4.69) is 11.1 Å². The summed E-state index contributed by atoms with van der Waals surface area (Å²) < 4.78 is 6.74. The van der Waals surface area contributed by atoms with Gasteiger partial charge >= 0.3 is 0 Å². The van der Waals surface area contributed by atoms with Gasteiger partial charge in [-0.1, -0.05) is 12.1 Å². The predicted molar refractivity (Wildman–Crippen MR) is 75.3 cm³/mol. The second kappa shape index (κ2) is 4.59. The summed E-state index contributed by atoms with van der Waals surface area (Å²) in [5.41, 5.74) is 9.48. The average Bonchev–Trinajstić information content (AvgIpc) is 2.92. The lowest BCUT2D eigenvalue weighted by Gasteiger charge is -2.09. The molecule has 0 atom stereocenters. The number of nitrogens with two attached hydrogens (primary N) is 1. The third kappa shape index (κ3) is 1.98. The highest BCUT2D eigenvalue weighted by molar-refractivity contribution is 7.16. The Bertz CT molecular complexity index is 789. The van der Waals surface area contributed by atoms with Gasteiger partial charge in [-0.3, -0.25) is 0 Å². The van der Waals surface area contributed by atoms with Crippen LogP contribution in [0.3, 0.4) is 0 Å². The highest BCUT2D eigenvalue weighted by atomic mass is 32.1. The number of para-hydroxylation sites is 1. The smallest absolute Gasteiger partial charge is 0.152 e. The van der Waals surface area contributed by atoms with E-state index in [4.69, 9.17) is 15.7 Å². The van der Waals surface area contributed by atoms with Gasteiger partial charge in [-0.2, -0.15) is 5.26 Å². The Hall–Kier alpha value is -2.58. The van der Waals surface area contributed by atoms with Gasteiger partial charge in [0.25, 0.3) is 0 Å². The van der Waals surface area contributed by atoms with E-state index in [-0.39, 0.29) is 0 Å². The van der Waals surface area contributed by atoms with Crippen molar-refractivity contribution in [2.24, 2.45) is 0 Å².